The van der Waals surface area contributed by atoms with Crippen molar-refractivity contribution in [3.05, 3.63) is 24.0 Å². The Morgan fingerprint density at radius 2 is 2.37 bits per heavy atom. The second-order valence-corrected chi connectivity index (χ2v) is 5.63. The fraction of sp³-hybridized carbons (Fsp3) is 0.643. The molecule has 0 bridgehead atoms. The number of amides is 2. The van der Waals surface area contributed by atoms with Crippen molar-refractivity contribution in [3.8, 4) is 0 Å². The Kier molecular flexibility index (Phi) is 3.46. The summed E-state index contributed by atoms with van der Waals surface area (Å²) in [7, 11) is 1.89. The average Bonchev–Trinajstić information content (AvgIpc) is 3.12. The Morgan fingerprint density at radius 1 is 1.47 bits per heavy atom. The van der Waals surface area contributed by atoms with Gasteiger partial charge in [0.05, 0.1) is 6.04 Å². The number of carbonyl (C=O) groups is 1. The molecule has 0 spiro atoms. The Bertz CT molecular complexity index is 425. The first kappa shape index (κ1) is 12.5. The van der Waals surface area contributed by atoms with Gasteiger partial charge >= 0.3 is 6.03 Å². The van der Waals surface area contributed by atoms with Gasteiger partial charge in [-0.25, -0.2) is 4.79 Å². The number of likely N-dealkylation sites (N-methyl/N-ethyl adjacent to an activating group) is 1. The average molecular weight is 262 g/mol. The van der Waals surface area contributed by atoms with Crippen LogP contribution in [0.2, 0.25) is 0 Å². The Morgan fingerprint density at radius 3 is 3.05 bits per heavy atom. The number of urea groups is 1. The van der Waals surface area contributed by atoms with Crippen LogP contribution in [0.5, 0.6) is 0 Å². The van der Waals surface area contributed by atoms with E-state index in [4.69, 9.17) is 0 Å². The Hall–Kier alpha value is -1.49. The molecular weight excluding hydrogens is 240 g/mol. The highest BCUT2D eigenvalue weighted by Crippen LogP contribution is 2.27. The number of H-pyrrole nitrogens is 1. The lowest BCUT2D eigenvalue weighted by Crippen LogP contribution is -2.31. The van der Waals surface area contributed by atoms with E-state index >= 15 is 0 Å². The predicted molar refractivity (Wildman–Crippen MR) is 73.9 cm³/mol. The summed E-state index contributed by atoms with van der Waals surface area (Å²) in [6.45, 7) is 3.92. The summed E-state index contributed by atoms with van der Waals surface area (Å²) in [4.78, 5) is 19.3. The first-order valence-corrected chi connectivity index (χ1v) is 7.11. The van der Waals surface area contributed by atoms with Crippen LogP contribution in [-0.4, -0.2) is 54.0 Å². The third-order valence-corrected chi connectivity index (χ3v) is 4.38. The lowest BCUT2D eigenvalue weighted by atomic mass is 10.0. The van der Waals surface area contributed by atoms with Crippen molar-refractivity contribution in [2.45, 2.75) is 18.9 Å². The Balaban J connectivity index is 1.59. The van der Waals surface area contributed by atoms with Crippen LogP contribution in [0.1, 0.15) is 24.6 Å². The molecule has 0 saturated carbocycles. The molecule has 0 radical (unpaired) electrons. The monoisotopic (exact) mass is 262 g/mol. The van der Waals surface area contributed by atoms with Crippen LogP contribution in [0.15, 0.2) is 18.3 Å². The minimum absolute atomic E-state index is 0.158. The fourth-order valence-electron chi connectivity index (χ4n) is 3.11. The number of carbonyl (C=O) groups excluding carboxylic acids is 1. The quantitative estimate of drug-likeness (QED) is 0.862. The normalized spacial score (nSPS) is 27.5. The molecule has 3 rings (SSSR count). The lowest BCUT2D eigenvalue weighted by Gasteiger charge is -2.17. The molecule has 2 fully saturated rings. The minimum atomic E-state index is 0.158. The zero-order valence-electron chi connectivity index (χ0n) is 11.4. The van der Waals surface area contributed by atoms with Crippen molar-refractivity contribution in [3.63, 3.8) is 0 Å². The van der Waals surface area contributed by atoms with Crippen molar-refractivity contribution in [2.24, 2.45) is 5.92 Å². The molecule has 2 N–H and O–H groups in total. The van der Waals surface area contributed by atoms with E-state index in [1.165, 1.54) is 6.42 Å². The molecule has 0 aromatic carbocycles. The van der Waals surface area contributed by atoms with Crippen molar-refractivity contribution in [1.82, 2.24) is 20.1 Å². The molecule has 2 saturated heterocycles. The zero-order chi connectivity index (χ0) is 13.2. The van der Waals surface area contributed by atoms with Crippen LogP contribution in [-0.2, 0) is 0 Å². The van der Waals surface area contributed by atoms with Gasteiger partial charge in [-0.05, 0) is 44.0 Å². The molecule has 0 aliphatic carbocycles. The van der Waals surface area contributed by atoms with Crippen molar-refractivity contribution in [2.75, 3.05) is 33.2 Å². The zero-order valence-corrected chi connectivity index (χ0v) is 11.4. The van der Waals surface area contributed by atoms with E-state index < -0.39 is 0 Å². The smallest absolute Gasteiger partial charge is 0.320 e. The highest BCUT2D eigenvalue weighted by molar-refractivity contribution is 5.77. The van der Waals surface area contributed by atoms with Crippen molar-refractivity contribution >= 4 is 6.03 Å². The number of nitrogens with zero attached hydrogens (tertiary/aromatic N) is 2. The van der Waals surface area contributed by atoms with Crippen LogP contribution >= 0.6 is 0 Å². The Labute approximate surface area is 114 Å². The number of hydrogen-bond donors (Lipinski definition) is 2. The first-order valence-electron chi connectivity index (χ1n) is 7.11. The molecule has 2 atom stereocenters. The maximum Gasteiger partial charge on any atom is 0.320 e. The first-order chi connectivity index (χ1) is 9.25. The van der Waals surface area contributed by atoms with Gasteiger partial charge in [-0.1, -0.05) is 0 Å². The molecule has 1 aromatic rings. The summed E-state index contributed by atoms with van der Waals surface area (Å²) in [5, 5.41) is 3.38. The molecule has 104 valence electrons. The van der Waals surface area contributed by atoms with Gasteiger partial charge in [-0.3, -0.25) is 0 Å². The van der Waals surface area contributed by atoms with E-state index in [9.17, 15) is 4.79 Å². The molecule has 3 heterocycles. The van der Waals surface area contributed by atoms with E-state index in [1.54, 1.807) is 0 Å². The number of aromatic amines is 1. The second kappa shape index (κ2) is 5.25. The summed E-state index contributed by atoms with van der Waals surface area (Å²) in [5.41, 5.74) is 1.13. The second-order valence-electron chi connectivity index (χ2n) is 5.63. The topological polar surface area (TPSA) is 51.4 Å². The summed E-state index contributed by atoms with van der Waals surface area (Å²) in [6, 6.07) is 4.37. The molecule has 2 aliphatic heterocycles. The van der Waals surface area contributed by atoms with E-state index in [2.05, 4.69) is 16.4 Å². The lowest BCUT2D eigenvalue weighted by molar-refractivity contribution is 0.193. The molecule has 19 heavy (non-hydrogen) atoms. The van der Waals surface area contributed by atoms with E-state index in [1.807, 2.05) is 29.1 Å². The van der Waals surface area contributed by atoms with Crippen LogP contribution in [0.3, 0.4) is 0 Å². The summed E-state index contributed by atoms with van der Waals surface area (Å²) < 4.78 is 0. The molecular formula is C14H22N4O. The van der Waals surface area contributed by atoms with Crippen LogP contribution in [0.25, 0.3) is 0 Å². The minimum Gasteiger partial charge on any atom is -0.363 e. The summed E-state index contributed by atoms with van der Waals surface area (Å²) in [6.07, 6.45) is 4.28. The summed E-state index contributed by atoms with van der Waals surface area (Å²) >= 11 is 0. The molecule has 2 aliphatic rings. The maximum atomic E-state index is 12.2. The van der Waals surface area contributed by atoms with E-state index in [0.717, 1.165) is 44.2 Å². The van der Waals surface area contributed by atoms with Crippen LogP contribution in [0, 0.1) is 5.92 Å². The molecule has 1 aromatic heterocycles. The van der Waals surface area contributed by atoms with Crippen LogP contribution in [0.4, 0.5) is 4.79 Å². The van der Waals surface area contributed by atoms with Gasteiger partial charge in [0.25, 0.3) is 0 Å². The standard InChI is InChI=1S/C14H22N4O/c1-17-13(12-3-2-6-16-12)10-18(14(17)19)8-5-11-4-7-15-9-11/h2-3,6,11,13,15-16H,4-5,7-10H2,1H3. The van der Waals surface area contributed by atoms with E-state index in [0.29, 0.717) is 0 Å². The largest absolute Gasteiger partial charge is 0.363 e. The SMILES string of the molecule is CN1C(=O)N(CCC2CCNC2)CC1c1ccc[nH]1. The highest BCUT2D eigenvalue weighted by Gasteiger charge is 2.35. The predicted octanol–water partition coefficient (Wildman–Crippen LogP) is 1.42. The molecule has 2 amide bonds. The number of aromatic nitrogens is 1. The molecule has 5 heteroatoms. The van der Waals surface area contributed by atoms with Gasteiger partial charge in [0.15, 0.2) is 0 Å². The van der Waals surface area contributed by atoms with E-state index in [-0.39, 0.29) is 12.1 Å². The van der Waals surface area contributed by atoms with Gasteiger partial charge in [-0.15, -0.1) is 0 Å². The third kappa shape index (κ3) is 2.47. The number of rotatable bonds is 4. The van der Waals surface area contributed by atoms with Crippen molar-refractivity contribution in [1.29, 1.82) is 0 Å². The van der Waals surface area contributed by atoms with Gasteiger partial charge in [0, 0.05) is 32.0 Å². The van der Waals surface area contributed by atoms with Gasteiger partial charge in [0.2, 0.25) is 0 Å². The molecule has 5 nitrogen and oxygen atoms in total. The fourth-order valence-corrected chi connectivity index (χ4v) is 3.11. The number of hydrogen-bond acceptors (Lipinski definition) is 2. The van der Waals surface area contributed by atoms with Crippen LogP contribution < -0.4 is 5.32 Å². The van der Waals surface area contributed by atoms with Gasteiger partial charge in [0.1, 0.15) is 0 Å². The number of nitrogens with one attached hydrogen (secondary N) is 2. The summed E-state index contributed by atoms with van der Waals surface area (Å²) in [5.74, 6) is 0.739. The maximum absolute atomic E-state index is 12.2. The third-order valence-electron chi connectivity index (χ3n) is 4.38. The molecule has 2 unspecified atom stereocenters. The van der Waals surface area contributed by atoms with Gasteiger partial charge < -0.3 is 20.1 Å². The van der Waals surface area contributed by atoms with Gasteiger partial charge in [-0.2, -0.15) is 0 Å². The van der Waals surface area contributed by atoms with Crippen molar-refractivity contribution < 1.29 is 4.79 Å². The highest BCUT2D eigenvalue weighted by atomic mass is 16.2.